The molecule has 3 atom stereocenters. The quantitative estimate of drug-likeness (QED) is 0.293. The van der Waals surface area contributed by atoms with Crippen LogP contribution in [0.1, 0.15) is 54.3 Å². The van der Waals surface area contributed by atoms with Crippen molar-refractivity contribution in [2.45, 2.75) is 31.3 Å². The summed E-state index contributed by atoms with van der Waals surface area (Å²) >= 11 is 1.23. The largest absolute Gasteiger partial charge is 0.323 e. The zero-order valence-corrected chi connectivity index (χ0v) is 22.0. The molecule has 0 radical (unpaired) electrons. The molecule has 0 N–H and O–H groups in total. The lowest BCUT2D eigenvalue weighted by molar-refractivity contribution is 0.515. The van der Waals surface area contributed by atoms with Gasteiger partial charge in [-0.15, -0.1) is 0 Å². The van der Waals surface area contributed by atoms with Gasteiger partial charge in [0.2, 0.25) is 0 Å². The Morgan fingerprint density at radius 3 is 2.57 bits per heavy atom. The Bertz CT molecular complexity index is 1570. The summed E-state index contributed by atoms with van der Waals surface area (Å²) in [5, 5.41) is -0.292. The van der Waals surface area contributed by atoms with Gasteiger partial charge >= 0.3 is 0 Å². The first kappa shape index (κ1) is 22.4. The van der Waals surface area contributed by atoms with E-state index in [0.29, 0.717) is 0 Å². The van der Waals surface area contributed by atoms with E-state index in [4.69, 9.17) is 4.99 Å². The Balaban J connectivity index is 1.50. The third-order valence-corrected chi connectivity index (χ3v) is 11.2. The van der Waals surface area contributed by atoms with Crippen molar-refractivity contribution in [1.29, 1.82) is 0 Å². The van der Waals surface area contributed by atoms with E-state index in [2.05, 4.69) is 83.0 Å². The fraction of sp³-hybridized carbons (Fsp3) is 0.276. The zero-order chi connectivity index (χ0) is 24.4. The van der Waals surface area contributed by atoms with E-state index < -0.39 is 12.6 Å². The van der Waals surface area contributed by atoms with Gasteiger partial charge in [0.1, 0.15) is 0 Å². The van der Waals surface area contributed by atoms with Crippen molar-refractivity contribution in [3.05, 3.63) is 94.8 Å². The van der Waals surface area contributed by atoms with Gasteiger partial charge in [-0.3, -0.25) is 4.99 Å². The molecule has 2 aromatic carbocycles. The number of hydrogen-bond donors (Lipinski definition) is 0. The molecule has 0 bridgehead atoms. The standard InChI is InChI=1S/C29H26N3OPS/c1-28(34(3,4)33)15-12-19(13-16-28)21-10-11-22-24(18-21)30-27(20-8-6-5-7-9-20)29(2)17-14-23-26(25(22)29)32-35-31-23/h5-13,15,18,25H,16H2,1-4H3. The molecule has 0 saturated heterocycles. The van der Waals surface area contributed by atoms with Crippen molar-refractivity contribution in [1.82, 2.24) is 8.75 Å². The maximum absolute atomic E-state index is 12.8. The summed E-state index contributed by atoms with van der Waals surface area (Å²) in [6.45, 7) is 8.02. The molecule has 2 aliphatic carbocycles. The zero-order valence-electron chi connectivity index (χ0n) is 20.2. The van der Waals surface area contributed by atoms with Crippen LogP contribution >= 0.6 is 18.9 Å². The second kappa shape index (κ2) is 7.72. The second-order valence-corrected chi connectivity index (χ2v) is 14.6. The fourth-order valence-electron chi connectivity index (χ4n) is 5.26. The van der Waals surface area contributed by atoms with Gasteiger partial charge in [-0.05, 0) is 67.8 Å². The van der Waals surface area contributed by atoms with E-state index in [1.165, 1.54) is 11.7 Å². The molecule has 4 nitrogen and oxygen atoms in total. The molecule has 6 heteroatoms. The van der Waals surface area contributed by atoms with Crippen LogP contribution in [0.3, 0.4) is 0 Å². The van der Waals surface area contributed by atoms with Crippen LogP contribution in [0.15, 0.2) is 71.8 Å². The summed E-state index contributed by atoms with van der Waals surface area (Å²) in [6, 6.07) is 16.8. The molecule has 3 unspecified atom stereocenters. The maximum Gasteiger partial charge on any atom is 0.151 e. The van der Waals surface area contributed by atoms with Gasteiger partial charge in [-0.2, -0.15) is 8.75 Å². The number of rotatable bonds is 3. The number of aliphatic imine (C=N–C) groups is 1. The normalized spacial score (nSPS) is 26.5. The van der Waals surface area contributed by atoms with Gasteiger partial charge in [0.25, 0.3) is 0 Å². The van der Waals surface area contributed by atoms with Gasteiger partial charge in [-0.1, -0.05) is 66.6 Å². The molecule has 3 aromatic rings. The van der Waals surface area contributed by atoms with E-state index in [0.717, 1.165) is 51.5 Å². The summed E-state index contributed by atoms with van der Waals surface area (Å²) in [5.41, 5.74) is 7.62. The van der Waals surface area contributed by atoms with Crippen LogP contribution in [0.5, 0.6) is 0 Å². The van der Waals surface area contributed by atoms with Gasteiger partial charge in [0.05, 0.1) is 47.3 Å². The smallest absolute Gasteiger partial charge is 0.151 e. The van der Waals surface area contributed by atoms with Crippen molar-refractivity contribution in [3.8, 4) is 11.8 Å². The predicted molar refractivity (Wildman–Crippen MR) is 145 cm³/mol. The molecule has 2 heterocycles. The molecule has 1 aromatic heterocycles. The second-order valence-electron chi connectivity index (χ2n) is 10.4. The highest BCUT2D eigenvalue weighted by Gasteiger charge is 2.48. The molecule has 6 rings (SSSR count). The van der Waals surface area contributed by atoms with Crippen LogP contribution in [-0.4, -0.2) is 32.9 Å². The highest BCUT2D eigenvalue weighted by Crippen LogP contribution is 2.56. The minimum atomic E-state index is -2.26. The minimum absolute atomic E-state index is 0.0283. The Kier molecular flexibility index (Phi) is 4.94. The third-order valence-electron chi connectivity index (χ3n) is 7.84. The van der Waals surface area contributed by atoms with Gasteiger partial charge in [-0.25, -0.2) is 0 Å². The molecule has 0 saturated carbocycles. The number of benzene rings is 2. The van der Waals surface area contributed by atoms with E-state index in [-0.39, 0.29) is 11.1 Å². The van der Waals surface area contributed by atoms with Crippen molar-refractivity contribution >= 4 is 35.8 Å². The lowest BCUT2D eigenvalue weighted by Gasteiger charge is -2.39. The van der Waals surface area contributed by atoms with Crippen molar-refractivity contribution in [2.24, 2.45) is 10.4 Å². The average molecular weight is 496 g/mol. The first-order valence-corrected chi connectivity index (χ1v) is 15.1. The molecule has 1 aliphatic heterocycles. The van der Waals surface area contributed by atoms with E-state index in [1.807, 2.05) is 31.5 Å². The number of nitrogens with zero attached hydrogens (tertiary/aromatic N) is 3. The van der Waals surface area contributed by atoms with Gasteiger partial charge in [0.15, 0.2) is 5.69 Å². The first-order valence-electron chi connectivity index (χ1n) is 11.8. The van der Waals surface area contributed by atoms with Crippen LogP contribution in [0, 0.1) is 17.3 Å². The van der Waals surface area contributed by atoms with Crippen molar-refractivity contribution in [3.63, 3.8) is 0 Å². The topological polar surface area (TPSA) is 55.2 Å². The lowest BCUT2D eigenvalue weighted by atomic mass is 9.63. The SMILES string of the molecule is CC12C#Cc3nsnc3C1c1ccc(C3=CCC(C)(P(C)(C)=O)C=C3)cc1N=C2c1ccccc1. The van der Waals surface area contributed by atoms with Crippen LogP contribution in [0.2, 0.25) is 0 Å². The van der Waals surface area contributed by atoms with Crippen molar-refractivity contribution < 1.29 is 4.57 Å². The third kappa shape index (κ3) is 3.43. The monoisotopic (exact) mass is 495 g/mol. The number of allylic oxidation sites excluding steroid dienone is 4. The molecule has 3 aliphatic rings. The van der Waals surface area contributed by atoms with E-state index in [9.17, 15) is 4.57 Å². The van der Waals surface area contributed by atoms with E-state index >= 15 is 0 Å². The summed E-state index contributed by atoms with van der Waals surface area (Å²) in [4.78, 5) is 5.23. The van der Waals surface area contributed by atoms with Crippen molar-refractivity contribution in [2.75, 3.05) is 13.3 Å². The van der Waals surface area contributed by atoms with Gasteiger partial charge < -0.3 is 4.57 Å². The average Bonchev–Trinajstić information content (AvgIpc) is 3.32. The number of hydrogen-bond acceptors (Lipinski definition) is 5. The number of aromatic nitrogens is 2. The molecular formula is C29H26N3OPS. The molecule has 0 fully saturated rings. The van der Waals surface area contributed by atoms with E-state index in [1.54, 1.807) is 0 Å². The molecule has 35 heavy (non-hydrogen) atoms. The van der Waals surface area contributed by atoms with Gasteiger partial charge in [0, 0.05) is 5.16 Å². The summed E-state index contributed by atoms with van der Waals surface area (Å²) in [5.74, 6) is 6.74. The van der Waals surface area contributed by atoms with Crippen LogP contribution in [-0.2, 0) is 4.57 Å². The number of fused-ring (bicyclic) bond motifs is 5. The Hall–Kier alpha value is -3.06. The predicted octanol–water partition coefficient (Wildman–Crippen LogP) is 6.90. The molecular weight excluding hydrogens is 469 g/mol. The van der Waals surface area contributed by atoms with Crippen LogP contribution < -0.4 is 0 Å². The Morgan fingerprint density at radius 2 is 1.86 bits per heavy atom. The van der Waals surface area contributed by atoms with Crippen LogP contribution in [0.25, 0.3) is 5.57 Å². The highest BCUT2D eigenvalue weighted by atomic mass is 32.1. The summed E-state index contributed by atoms with van der Waals surface area (Å²) < 4.78 is 22.0. The Labute approximate surface area is 210 Å². The Morgan fingerprint density at radius 1 is 1.06 bits per heavy atom. The fourth-order valence-corrected chi connectivity index (χ4v) is 6.76. The summed E-state index contributed by atoms with van der Waals surface area (Å²) in [6.07, 6.45) is 7.23. The molecule has 0 amide bonds. The lowest BCUT2D eigenvalue weighted by Crippen LogP contribution is -2.39. The molecule has 174 valence electrons. The minimum Gasteiger partial charge on any atom is -0.323 e. The maximum atomic E-state index is 12.8. The van der Waals surface area contributed by atoms with Crippen LogP contribution in [0.4, 0.5) is 5.69 Å². The first-order chi connectivity index (χ1) is 16.7. The highest BCUT2D eigenvalue weighted by molar-refractivity contribution is 7.64. The summed E-state index contributed by atoms with van der Waals surface area (Å²) in [7, 11) is -2.26. The molecule has 0 spiro atoms.